The van der Waals surface area contributed by atoms with Crippen LogP contribution < -0.4 is 22.1 Å². The van der Waals surface area contributed by atoms with Gasteiger partial charge in [0.2, 0.25) is 17.7 Å². The maximum Gasteiger partial charge on any atom is 0.326 e. The van der Waals surface area contributed by atoms with Crippen molar-refractivity contribution < 1.29 is 24.3 Å². The van der Waals surface area contributed by atoms with E-state index < -0.39 is 48.2 Å². The quantitative estimate of drug-likeness (QED) is 0.338. The second-order valence-electron chi connectivity index (χ2n) is 4.09. The van der Waals surface area contributed by atoms with E-state index in [-0.39, 0.29) is 0 Å². The fourth-order valence-corrected chi connectivity index (χ4v) is 1.11. The summed E-state index contributed by atoms with van der Waals surface area (Å²) < 4.78 is 0. The molecule has 3 unspecified atom stereocenters. The summed E-state index contributed by atoms with van der Waals surface area (Å²) >= 11 is 0. The number of carboxylic acid groups (broad SMARTS) is 1. The van der Waals surface area contributed by atoms with Crippen LogP contribution in [0.2, 0.25) is 0 Å². The van der Waals surface area contributed by atoms with Gasteiger partial charge >= 0.3 is 5.97 Å². The molecule has 7 N–H and O–H groups in total. The van der Waals surface area contributed by atoms with Crippen LogP contribution in [0.3, 0.4) is 0 Å². The van der Waals surface area contributed by atoms with Crippen molar-refractivity contribution in [3.8, 4) is 0 Å². The third kappa shape index (κ3) is 6.36. The van der Waals surface area contributed by atoms with Gasteiger partial charge in [0.15, 0.2) is 0 Å². The van der Waals surface area contributed by atoms with Crippen LogP contribution in [0.4, 0.5) is 0 Å². The van der Waals surface area contributed by atoms with Gasteiger partial charge < -0.3 is 27.2 Å². The maximum absolute atomic E-state index is 11.6. The number of primary amides is 1. The Bertz CT molecular complexity index is 382. The molecule has 9 heteroatoms. The normalized spacial score (nSPS) is 14.9. The number of carbonyl (C=O) groups excluding carboxylic acids is 3. The molecule has 0 aromatic heterocycles. The van der Waals surface area contributed by atoms with Crippen LogP contribution >= 0.6 is 0 Å². The molecule has 0 heterocycles. The first-order valence-electron chi connectivity index (χ1n) is 5.52. The third-order valence-electron chi connectivity index (χ3n) is 2.19. The molecule has 0 aliphatic rings. The zero-order valence-corrected chi connectivity index (χ0v) is 10.7. The molecule has 0 saturated carbocycles. The highest BCUT2D eigenvalue weighted by molar-refractivity contribution is 5.92. The molecule has 0 aliphatic heterocycles. The Kier molecular flexibility index (Phi) is 6.48. The molecule has 0 bridgehead atoms. The van der Waals surface area contributed by atoms with Gasteiger partial charge in [-0.05, 0) is 13.8 Å². The van der Waals surface area contributed by atoms with Crippen LogP contribution in [0.1, 0.15) is 20.3 Å². The molecule has 9 nitrogen and oxygen atoms in total. The number of nitrogens with two attached hydrogens (primary N) is 2. The number of aliphatic carboxylic acids is 1. The van der Waals surface area contributed by atoms with Crippen LogP contribution in [0.15, 0.2) is 0 Å². The Balaban J connectivity index is 4.51. The van der Waals surface area contributed by atoms with Crippen LogP contribution in [-0.2, 0) is 19.2 Å². The van der Waals surface area contributed by atoms with E-state index in [1.807, 2.05) is 0 Å². The summed E-state index contributed by atoms with van der Waals surface area (Å²) in [4.78, 5) is 44.3. The van der Waals surface area contributed by atoms with E-state index in [0.29, 0.717) is 0 Å². The molecule has 0 rings (SSSR count). The molecule has 0 spiro atoms. The summed E-state index contributed by atoms with van der Waals surface area (Å²) in [5.74, 6) is -3.55. The standard InChI is InChI=1S/C10H18N4O5/c1-4(11)8(16)13-5(2)9(17)14-6(10(18)19)3-7(12)15/h4-6H,3,11H2,1-2H3,(H2,12,15)(H,13,16)(H,14,17)(H,18,19). The van der Waals surface area contributed by atoms with Gasteiger partial charge in [-0.15, -0.1) is 0 Å². The van der Waals surface area contributed by atoms with E-state index in [9.17, 15) is 19.2 Å². The number of hydrogen-bond donors (Lipinski definition) is 5. The second kappa shape index (κ2) is 7.31. The van der Waals surface area contributed by atoms with Gasteiger partial charge in [0.1, 0.15) is 12.1 Å². The lowest BCUT2D eigenvalue weighted by Crippen LogP contribution is -2.53. The molecular weight excluding hydrogens is 256 g/mol. The summed E-state index contributed by atoms with van der Waals surface area (Å²) in [6.45, 7) is 2.80. The third-order valence-corrected chi connectivity index (χ3v) is 2.19. The van der Waals surface area contributed by atoms with Crippen molar-refractivity contribution in [2.75, 3.05) is 0 Å². The molecule has 0 saturated heterocycles. The lowest BCUT2D eigenvalue weighted by Gasteiger charge is -2.18. The minimum absolute atomic E-state index is 0.533. The molecule has 0 radical (unpaired) electrons. The Labute approximate surface area is 109 Å². The topological polar surface area (TPSA) is 165 Å². The summed E-state index contributed by atoms with van der Waals surface area (Å²) in [5.41, 5.74) is 10.2. The van der Waals surface area contributed by atoms with Gasteiger partial charge in [0.25, 0.3) is 0 Å². The van der Waals surface area contributed by atoms with Crippen molar-refractivity contribution in [3.63, 3.8) is 0 Å². The zero-order chi connectivity index (χ0) is 15.2. The lowest BCUT2D eigenvalue weighted by atomic mass is 10.2. The van der Waals surface area contributed by atoms with E-state index >= 15 is 0 Å². The number of carbonyl (C=O) groups is 4. The first-order valence-corrected chi connectivity index (χ1v) is 5.52. The van der Waals surface area contributed by atoms with Gasteiger partial charge in [0, 0.05) is 0 Å². The average Bonchev–Trinajstić information content (AvgIpc) is 2.26. The van der Waals surface area contributed by atoms with Crippen LogP contribution in [-0.4, -0.2) is 46.9 Å². The van der Waals surface area contributed by atoms with Crippen molar-refractivity contribution in [1.82, 2.24) is 10.6 Å². The smallest absolute Gasteiger partial charge is 0.326 e. The van der Waals surface area contributed by atoms with Gasteiger partial charge in [-0.2, -0.15) is 0 Å². The van der Waals surface area contributed by atoms with Crippen molar-refractivity contribution in [3.05, 3.63) is 0 Å². The molecule has 0 fully saturated rings. The number of rotatable bonds is 7. The van der Waals surface area contributed by atoms with Crippen LogP contribution in [0, 0.1) is 0 Å². The number of hydrogen-bond acceptors (Lipinski definition) is 5. The predicted octanol–water partition coefficient (Wildman–Crippen LogP) is -2.72. The van der Waals surface area contributed by atoms with Crippen molar-refractivity contribution in [2.45, 2.75) is 38.4 Å². The molecule has 0 aromatic carbocycles. The molecule has 3 atom stereocenters. The number of amides is 3. The highest BCUT2D eigenvalue weighted by Gasteiger charge is 2.25. The van der Waals surface area contributed by atoms with E-state index in [0.717, 1.165) is 0 Å². The minimum atomic E-state index is -1.43. The van der Waals surface area contributed by atoms with Crippen LogP contribution in [0.5, 0.6) is 0 Å². The zero-order valence-electron chi connectivity index (χ0n) is 10.7. The van der Waals surface area contributed by atoms with E-state index in [1.54, 1.807) is 0 Å². The molecule has 19 heavy (non-hydrogen) atoms. The van der Waals surface area contributed by atoms with Gasteiger partial charge in [0.05, 0.1) is 12.5 Å². The summed E-state index contributed by atoms with van der Waals surface area (Å²) in [6.07, 6.45) is -0.533. The van der Waals surface area contributed by atoms with Crippen molar-refractivity contribution >= 4 is 23.7 Å². The first kappa shape index (κ1) is 16.8. The molecular formula is C10H18N4O5. The lowest BCUT2D eigenvalue weighted by molar-refractivity contribution is -0.143. The van der Waals surface area contributed by atoms with Gasteiger partial charge in [-0.25, -0.2) is 4.79 Å². The van der Waals surface area contributed by atoms with Gasteiger partial charge in [-0.1, -0.05) is 0 Å². The maximum atomic E-state index is 11.6. The fraction of sp³-hybridized carbons (Fsp3) is 0.600. The average molecular weight is 274 g/mol. The minimum Gasteiger partial charge on any atom is -0.480 e. The number of carboxylic acids is 1. The largest absolute Gasteiger partial charge is 0.480 e. The molecule has 0 aliphatic carbocycles. The summed E-state index contributed by atoms with van der Waals surface area (Å²) in [6, 6.07) is -3.20. The van der Waals surface area contributed by atoms with E-state index in [2.05, 4.69) is 10.6 Å². The number of nitrogens with one attached hydrogen (secondary N) is 2. The van der Waals surface area contributed by atoms with E-state index in [1.165, 1.54) is 13.8 Å². The fourth-order valence-electron chi connectivity index (χ4n) is 1.11. The molecule has 0 aromatic rings. The Morgan fingerprint density at radius 1 is 1.11 bits per heavy atom. The highest BCUT2D eigenvalue weighted by atomic mass is 16.4. The predicted molar refractivity (Wildman–Crippen MR) is 64.6 cm³/mol. The highest BCUT2D eigenvalue weighted by Crippen LogP contribution is 1.94. The molecule has 3 amide bonds. The first-order chi connectivity index (χ1) is 8.65. The Morgan fingerprint density at radius 3 is 2.00 bits per heavy atom. The summed E-state index contributed by atoms with van der Waals surface area (Å²) in [7, 11) is 0. The van der Waals surface area contributed by atoms with Crippen molar-refractivity contribution in [1.29, 1.82) is 0 Å². The van der Waals surface area contributed by atoms with Gasteiger partial charge in [-0.3, -0.25) is 14.4 Å². The monoisotopic (exact) mass is 274 g/mol. The van der Waals surface area contributed by atoms with Crippen molar-refractivity contribution in [2.24, 2.45) is 11.5 Å². The Morgan fingerprint density at radius 2 is 1.63 bits per heavy atom. The molecule has 108 valence electrons. The van der Waals surface area contributed by atoms with E-state index in [4.69, 9.17) is 16.6 Å². The second-order valence-corrected chi connectivity index (χ2v) is 4.09. The van der Waals surface area contributed by atoms with Crippen LogP contribution in [0.25, 0.3) is 0 Å². The Hall–Kier alpha value is -2.16. The SMILES string of the molecule is CC(N)C(=O)NC(C)C(=O)NC(CC(N)=O)C(=O)O. The summed E-state index contributed by atoms with van der Waals surface area (Å²) in [5, 5.41) is 13.2.